The first-order valence-corrected chi connectivity index (χ1v) is 7.90. The molecule has 0 radical (unpaired) electrons. The summed E-state index contributed by atoms with van der Waals surface area (Å²) in [6, 6.07) is 0.529. The highest BCUT2D eigenvalue weighted by atomic mass is 16.3. The first-order chi connectivity index (χ1) is 10.6. The summed E-state index contributed by atoms with van der Waals surface area (Å²) in [4.78, 5) is 8.91. The van der Waals surface area contributed by atoms with E-state index in [-0.39, 0.29) is 18.2 Å². The van der Waals surface area contributed by atoms with Crippen molar-refractivity contribution >= 4 is 18.0 Å². The van der Waals surface area contributed by atoms with Crippen molar-refractivity contribution in [3.63, 3.8) is 0 Å². The molecular formula is C15H22N6O. The quantitative estimate of drug-likeness (QED) is 0.650. The first-order valence-electron chi connectivity index (χ1n) is 7.90. The van der Waals surface area contributed by atoms with Crippen molar-refractivity contribution in [3.8, 4) is 0 Å². The molecule has 2 atom stereocenters. The maximum Gasteiger partial charge on any atom is 0.196 e. The van der Waals surface area contributed by atoms with Gasteiger partial charge in [-0.1, -0.05) is 6.92 Å². The van der Waals surface area contributed by atoms with Gasteiger partial charge in [-0.15, -0.1) is 0 Å². The normalized spacial score (nSPS) is 31.6. The minimum absolute atomic E-state index is 0.0306. The lowest BCUT2D eigenvalue weighted by molar-refractivity contribution is 0.217. The molecule has 22 heavy (non-hydrogen) atoms. The van der Waals surface area contributed by atoms with Gasteiger partial charge in [-0.05, 0) is 31.3 Å². The van der Waals surface area contributed by atoms with Crippen molar-refractivity contribution < 1.29 is 5.11 Å². The Kier molecular flexibility index (Phi) is 3.02. The maximum atomic E-state index is 9.55. The fourth-order valence-electron chi connectivity index (χ4n) is 3.04. The van der Waals surface area contributed by atoms with Crippen LogP contribution in [0.4, 0.5) is 5.82 Å². The number of hydrogen-bond acceptors (Lipinski definition) is 6. The van der Waals surface area contributed by atoms with Gasteiger partial charge in [-0.2, -0.15) is 0 Å². The SMILES string of the molecule is CCC1(CO)C/C1=C/n1cnc2c1NC(N)=NC2NC1CC1. The van der Waals surface area contributed by atoms with Gasteiger partial charge < -0.3 is 16.2 Å². The van der Waals surface area contributed by atoms with Crippen LogP contribution in [-0.4, -0.2) is 33.3 Å². The number of aliphatic hydroxyl groups is 1. The molecule has 2 unspecified atom stereocenters. The highest BCUT2D eigenvalue weighted by Gasteiger charge is 2.46. The van der Waals surface area contributed by atoms with Crippen LogP contribution in [0.3, 0.4) is 0 Å². The second-order valence-electron chi connectivity index (χ2n) is 6.49. The molecule has 0 bridgehead atoms. The average molecular weight is 302 g/mol. The third kappa shape index (κ3) is 2.21. The highest BCUT2D eigenvalue weighted by Crippen LogP contribution is 2.54. The van der Waals surface area contributed by atoms with E-state index in [1.165, 1.54) is 18.4 Å². The second kappa shape index (κ2) is 4.82. The number of hydrogen-bond donors (Lipinski definition) is 4. The van der Waals surface area contributed by atoms with E-state index in [4.69, 9.17) is 5.73 Å². The summed E-state index contributed by atoms with van der Waals surface area (Å²) in [7, 11) is 0. The monoisotopic (exact) mass is 302 g/mol. The molecule has 1 aromatic rings. The maximum absolute atomic E-state index is 9.55. The van der Waals surface area contributed by atoms with Gasteiger partial charge in [0.05, 0.1) is 6.61 Å². The van der Waals surface area contributed by atoms with Crippen molar-refractivity contribution in [2.45, 2.75) is 44.8 Å². The molecule has 118 valence electrons. The number of guanidine groups is 1. The highest BCUT2D eigenvalue weighted by molar-refractivity contribution is 5.94. The zero-order valence-electron chi connectivity index (χ0n) is 12.7. The number of nitrogens with one attached hydrogen (secondary N) is 2. The van der Waals surface area contributed by atoms with Crippen LogP contribution in [0.1, 0.15) is 44.5 Å². The molecule has 1 aromatic heterocycles. The van der Waals surface area contributed by atoms with Crippen LogP contribution in [0.5, 0.6) is 0 Å². The molecule has 3 aliphatic rings. The molecule has 2 fully saturated rings. The van der Waals surface area contributed by atoms with Gasteiger partial charge in [-0.3, -0.25) is 9.88 Å². The van der Waals surface area contributed by atoms with Crippen molar-refractivity contribution in [2.75, 3.05) is 11.9 Å². The van der Waals surface area contributed by atoms with E-state index in [2.05, 4.69) is 33.7 Å². The molecule has 2 aliphatic carbocycles. The van der Waals surface area contributed by atoms with Crippen LogP contribution in [0, 0.1) is 5.41 Å². The molecule has 0 aromatic carbocycles. The zero-order valence-corrected chi connectivity index (χ0v) is 12.7. The van der Waals surface area contributed by atoms with E-state index >= 15 is 0 Å². The molecule has 0 spiro atoms. The molecule has 7 nitrogen and oxygen atoms in total. The number of fused-ring (bicyclic) bond motifs is 1. The number of nitrogens with zero attached hydrogens (tertiary/aromatic N) is 3. The van der Waals surface area contributed by atoms with Crippen LogP contribution in [0.15, 0.2) is 16.9 Å². The van der Waals surface area contributed by atoms with Gasteiger partial charge in [-0.25, -0.2) is 9.98 Å². The smallest absolute Gasteiger partial charge is 0.196 e. The molecule has 2 saturated carbocycles. The molecule has 0 amide bonds. The Labute approximate surface area is 129 Å². The number of aromatic nitrogens is 2. The lowest BCUT2D eigenvalue weighted by atomic mass is 10.0. The topological polar surface area (TPSA) is 100 Å². The van der Waals surface area contributed by atoms with Crippen molar-refractivity contribution in [3.05, 3.63) is 17.6 Å². The molecule has 7 heteroatoms. The predicted molar refractivity (Wildman–Crippen MR) is 85.1 cm³/mol. The fourth-order valence-corrected chi connectivity index (χ4v) is 3.04. The Morgan fingerprint density at radius 3 is 3.05 bits per heavy atom. The van der Waals surface area contributed by atoms with Crippen LogP contribution in [0.25, 0.3) is 6.20 Å². The van der Waals surface area contributed by atoms with E-state index < -0.39 is 0 Å². The van der Waals surface area contributed by atoms with Crippen LogP contribution < -0.4 is 16.4 Å². The first kappa shape index (κ1) is 13.8. The number of anilines is 1. The molecule has 0 saturated heterocycles. The van der Waals surface area contributed by atoms with Gasteiger partial charge in [0.15, 0.2) is 5.96 Å². The number of rotatable bonds is 5. The third-order valence-corrected chi connectivity index (χ3v) is 4.93. The summed E-state index contributed by atoms with van der Waals surface area (Å²) in [6.45, 7) is 2.31. The molecular weight excluding hydrogens is 280 g/mol. The second-order valence-corrected chi connectivity index (χ2v) is 6.49. The third-order valence-electron chi connectivity index (χ3n) is 4.93. The Bertz CT molecular complexity index is 653. The zero-order chi connectivity index (χ0) is 15.3. The van der Waals surface area contributed by atoms with Crippen LogP contribution >= 0.6 is 0 Å². The van der Waals surface area contributed by atoms with Crippen molar-refractivity contribution in [1.82, 2.24) is 14.9 Å². The summed E-state index contributed by atoms with van der Waals surface area (Å²) in [6.07, 6.45) is 7.96. The summed E-state index contributed by atoms with van der Waals surface area (Å²) in [5.74, 6) is 1.28. The molecule has 1 aliphatic heterocycles. The van der Waals surface area contributed by atoms with Crippen LogP contribution in [-0.2, 0) is 0 Å². The Morgan fingerprint density at radius 1 is 1.59 bits per heavy atom. The van der Waals surface area contributed by atoms with Crippen molar-refractivity contribution in [1.29, 1.82) is 0 Å². The van der Waals surface area contributed by atoms with Crippen LogP contribution in [0.2, 0.25) is 0 Å². The largest absolute Gasteiger partial charge is 0.395 e. The lowest BCUT2D eigenvalue weighted by Gasteiger charge is -2.21. The van der Waals surface area contributed by atoms with E-state index in [0.29, 0.717) is 12.0 Å². The van der Waals surface area contributed by atoms with Gasteiger partial charge in [0.2, 0.25) is 0 Å². The Morgan fingerprint density at radius 2 is 2.41 bits per heavy atom. The molecule has 2 heterocycles. The van der Waals surface area contributed by atoms with E-state index in [0.717, 1.165) is 24.4 Å². The summed E-state index contributed by atoms with van der Waals surface area (Å²) >= 11 is 0. The Hall–Kier alpha value is -1.86. The lowest BCUT2D eigenvalue weighted by Crippen LogP contribution is -2.34. The minimum atomic E-state index is -0.170. The average Bonchev–Trinajstić information content (AvgIpc) is 3.40. The van der Waals surface area contributed by atoms with E-state index in [1.807, 2.05) is 4.57 Å². The fraction of sp³-hybridized carbons (Fsp3) is 0.600. The Balaban J connectivity index is 1.62. The predicted octanol–water partition coefficient (Wildman–Crippen LogP) is 1.01. The standard InChI is InChI=1S/C15H22N6O/c1-2-15(7-22)5-9(15)6-21-8-17-11-12(18-10-3-4-10)19-14(16)20-13(11)21/h6,8,10,12,18,22H,2-5,7H2,1H3,(H3,16,19,20)/b9-6-. The summed E-state index contributed by atoms with van der Waals surface area (Å²) < 4.78 is 1.96. The van der Waals surface area contributed by atoms with Gasteiger partial charge in [0.1, 0.15) is 24.0 Å². The number of aliphatic hydroxyl groups excluding tert-OH is 1. The number of aliphatic imine (C=N–C) groups is 1. The number of imidazole rings is 1. The molecule has 4 rings (SSSR count). The van der Waals surface area contributed by atoms with Gasteiger partial charge in [0, 0.05) is 17.7 Å². The number of nitrogens with two attached hydrogens (primary N) is 1. The van der Waals surface area contributed by atoms with Gasteiger partial charge >= 0.3 is 0 Å². The van der Waals surface area contributed by atoms with E-state index in [1.54, 1.807) is 6.33 Å². The van der Waals surface area contributed by atoms with Gasteiger partial charge in [0.25, 0.3) is 0 Å². The summed E-state index contributed by atoms with van der Waals surface area (Å²) in [5.41, 5.74) is 8.02. The molecule has 5 N–H and O–H groups in total. The van der Waals surface area contributed by atoms with E-state index in [9.17, 15) is 5.11 Å². The minimum Gasteiger partial charge on any atom is -0.395 e. The van der Waals surface area contributed by atoms with Crippen molar-refractivity contribution in [2.24, 2.45) is 16.1 Å². The summed E-state index contributed by atoms with van der Waals surface area (Å²) in [5, 5.41) is 16.1.